The summed E-state index contributed by atoms with van der Waals surface area (Å²) >= 11 is 7.13. The van der Waals surface area contributed by atoms with Gasteiger partial charge in [-0.05, 0) is 23.3 Å². The van der Waals surface area contributed by atoms with Crippen LogP contribution in [0.25, 0.3) is 0 Å². The number of carbonyl (C=O) groups is 1. The molecule has 0 fully saturated rings. The molecule has 6 nitrogen and oxygen atoms in total. The molecule has 0 aliphatic heterocycles. The van der Waals surface area contributed by atoms with Crippen LogP contribution in [0.2, 0.25) is 5.02 Å². The van der Waals surface area contributed by atoms with Crippen molar-refractivity contribution in [3.8, 4) is 0 Å². The largest absolute Gasteiger partial charge is 0.301 e. The molecule has 0 saturated carbocycles. The van der Waals surface area contributed by atoms with Gasteiger partial charge in [0.15, 0.2) is 9.84 Å². The summed E-state index contributed by atoms with van der Waals surface area (Å²) in [6.07, 6.45) is 0.456. The number of carbonyl (C=O) groups excluding carboxylic acids is 1. The van der Waals surface area contributed by atoms with Gasteiger partial charge in [0, 0.05) is 17.9 Å². The van der Waals surface area contributed by atoms with Gasteiger partial charge >= 0.3 is 0 Å². The number of benzene rings is 2. The summed E-state index contributed by atoms with van der Waals surface area (Å²) < 4.78 is 24.3. The highest BCUT2D eigenvalue weighted by atomic mass is 35.5. The molecule has 2 aromatic carbocycles. The number of aromatic nitrogens is 2. The molecule has 0 aliphatic carbocycles. The van der Waals surface area contributed by atoms with Crippen LogP contribution >= 0.6 is 22.9 Å². The number of rotatable bonds is 8. The van der Waals surface area contributed by atoms with Gasteiger partial charge in [0.1, 0.15) is 5.01 Å². The van der Waals surface area contributed by atoms with E-state index in [-0.39, 0.29) is 17.9 Å². The minimum atomic E-state index is -3.37. The molecule has 1 N–H and O–H groups in total. The summed E-state index contributed by atoms with van der Waals surface area (Å²) in [5.41, 5.74) is 1.74. The van der Waals surface area contributed by atoms with E-state index in [2.05, 4.69) is 15.5 Å². The highest BCUT2D eigenvalue weighted by molar-refractivity contribution is 7.90. The van der Waals surface area contributed by atoms with Crippen LogP contribution in [0.4, 0.5) is 5.13 Å². The molecule has 0 saturated heterocycles. The van der Waals surface area contributed by atoms with E-state index in [1.54, 1.807) is 36.4 Å². The summed E-state index contributed by atoms with van der Waals surface area (Å²) in [4.78, 5) is 12.1. The average molecular weight is 436 g/mol. The Balaban J connectivity index is 1.49. The van der Waals surface area contributed by atoms with E-state index in [1.165, 1.54) is 11.3 Å². The van der Waals surface area contributed by atoms with Crippen molar-refractivity contribution in [2.45, 2.75) is 18.6 Å². The fourth-order valence-corrected chi connectivity index (χ4v) is 4.74. The quantitative estimate of drug-likeness (QED) is 0.582. The van der Waals surface area contributed by atoms with E-state index in [0.717, 1.165) is 10.6 Å². The third kappa shape index (κ3) is 6.40. The smallest absolute Gasteiger partial charge is 0.227 e. The lowest BCUT2D eigenvalue weighted by atomic mass is 10.2. The zero-order valence-electron chi connectivity index (χ0n) is 14.8. The van der Waals surface area contributed by atoms with Crippen molar-refractivity contribution in [1.29, 1.82) is 0 Å². The van der Waals surface area contributed by atoms with Crippen molar-refractivity contribution in [2.24, 2.45) is 0 Å². The maximum atomic E-state index is 12.2. The number of amides is 1. The molecule has 3 aromatic rings. The SMILES string of the molecule is O=C(CCS(=O)(=O)Cc1ccccc1)Nc1nnc(Cc2ccc(Cl)cc2)s1. The highest BCUT2D eigenvalue weighted by Gasteiger charge is 2.16. The van der Waals surface area contributed by atoms with Gasteiger partial charge in [0.2, 0.25) is 11.0 Å². The standard InChI is InChI=1S/C19H18ClN3O3S2/c20-16-8-6-14(7-9-16)12-18-22-23-19(27-18)21-17(24)10-11-28(25,26)13-15-4-2-1-3-5-15/h1-9H,10-13H2,(H,21,23,24). The normalized spacial score (nSPS) is 11.3. The molecular weight excluding hydrogens is 418 g/mol. The first-order valence-corrected chi connectivity index (χ1v) is 11.5. The molecule has 3 rings (SSSR count). The van der Waals surface area contributed by atoms with Gasteiger partial charge in [-0.2, -0.15) is 0 Å². The lowest BCUT2D eigenvalue weighted by Gasteiger charge is -2.04. The molecule has 0 aliphatic rings. The van der Waals surface area contributed by atoms with Crippen LogP contribution in [0, 0.1) is 0 Å². The highest BCUT2D eigenvalue weighted by Crippen LogP contribution is 2.20. The predicted molar refractivity (Wildman–Crippen MR) is 111 cm³/mol. The van der Waals surface area contributed by atoms with Crippen molar-refractivity contribution < 1.29 is 13.2 Å². The molecule has 146 valence electrons. The van der Waals surface area contributed by atoms with Crippen molar-refractivity contribution in [1.82, 2.24) is 10.2 Å². The zero-order chi connectivity index (χ0) is 20.0. The van der Waals surface area contributed by atoms with Gasteiger partial charge in [0.25, 0.3) is 0 Å². The second-order valence-corrected chi connectivity index (χ2v) is 9.86. The molecular formula is C19H18ClN3O3S2. The molecule has 0 atom stereocenters. The lowest BCUT2D eigenvalue weighted by Crippen LogP contribution is -2.18. The number of hydrogen-bond acceptors (Lipinski definition) is 6. The number of nitrogens with zero attached hydrogens (tertiary/aromatic N) is 2. The average Bonchev–Trinajstić information content (AvgIpc) is 3.09. The van der Waals surface area contributed by atoms with Crippen LogP contribution in [-0.2, 0) is 26.8 Å². The van der Waals surface area contributed by atoms with Crippen molar-refractivity contribution in [3.63, 3.8) is 0 Å². The number of halogens is 1. The molecule has 0 spiro atoms. The maximum Gasteiger partial charge on any atom is 0.227 e. The third-order valence-electron chi connectivity index (χ3n) is 3.85. The van der Waals surface area contributed by atoms with Crippen LogP contribution in [0.3, 0.4) is 0 Å². The fraction of sp³-hybridized carbons (Fsp3) is 0.211. The number of hydrogen-bond donors (Lipinski definition) is 1. The van der Waals surface area contributed by atoms with Crippen molar-refractivity contribution >= 4 is 43.8 Å². The van der Waals surface area contributed by atoms with E-state index < -0.39 is 15.7 Å². The Morgan fingerprint density at radius 2 is 1.71 bits per heavy atom. The summed E-state index contributed by atoms with van der Waals surface area (Å²) in [7, 11) is -3.37. The van der Waals surface area contributed by atoms with Gasteiger partial charge in [0.05, 0.1) is 11.5 Å². The molecule has 0 bridgehead atoms. The summed E-state index contributed by atoms with van der Waals surface area (Å²) in [6.45, 7) is 0. The zero-order valence-corrected chi connectivity index (χ0v) is 17.2. The summed E-state index contributed by atoms with van der Waals surface area (Å²) in [5, 5.41) is 12.4. The van der Waals surface area contributed by atoms with E-state index in [9.17, 15) is 13.2 Å². The van der Waals surface area contributed by atoms with Gasteiger partial charge < -0.3 is 5.32 Å². The van der Waals surface area contributed by atoms with Crippen molar-refractivity contribution in [3.05, 3.63) is 75.8 Å². The Hall–Kier alpha value is -2.29. The first-order valence-electron chi connectivity index (χ1n) is 8.51. The minimum Gasteiger partial charge on any atom is -0.301 e. The number of nitrogens with one attached hydrogen (secondary N) is 1. The molecule has 9 heteroatoms. The minimum absolute atomic E-state index is 0.0782. The van der Waals surface area contributed by atoms with Gasteiger partial charge in [-0.3, -0.25) is 4.79 Å². The van der Waals surface area contributed by atoms with E-state index in [0.29, 0.717) is 22.1 Å². The molecule has 1 aromatic heterocycles. The molecule has 0 unspecified atom stereocenters. The Labute approximate surface area is 172 Å². The van der Waals surface area contributed by atoms with Gasteiger partial charge in [-0.25, -0.2) is 8.42 Å². The molecule has 1 heterocycles. The van der Waals surface area contributed by atoms with Crippen LogP contribution in [0.5, 0.6) is 0 Å². The van der Waals surface area contributed by atoms with Crippen LogP contribution in [0.15, 0.2) is 54.6 Å². The first kappa shape index (κ1) is 20.4. The number of anilines is 1. The monoisotopic (exact) mass is 435 g/mol. The topological polar surface area (TPSA) is 89.0 Å². The van der Waals surface area contributed by atoms with E-state index >= 15 is 0 Å². The Morgan fingerprint density at radius 1 is 1.00 bits per heavy atom. The second-order valence-electron chi connectivity index (χ2n) is 6.18. The Morgan fingerprint density at radius 3 is 2.43 bits per heavy atom. The molecule has 0 radical (unpaired) electrons. The first-order chi connectivity index (χ1) is 13.4. The van der Waals surface area contributed by atoms with E-state index in [1.807, 2.05) is 18.2 Å². The Kier molecular flexibility index (Phi) is 6.77. The third-order valence-corrected chi connectivity index (χ3v) is 6.54. The molecule has 28 heavy (non-hydrogen) atoms. The summed E-state index contributed by atoms with van der Waals surface area (Å²) in [5.74, 6) is -0.694. The summed E-state index contributed by atoms with van der Waals surface area (Å²) in [6, 6.07) is 16.3. The second kappa shape index (κ2) is 9.27. The maximum absolute atomic E-state index is 12.2. The predicted octanol–water partition coefficient (Wildman–Crippen LogP) is 3.73. The fourth-order valence-electron chi connectivity index (χ4n) is 2.48. The Bertz CT molecular complexity index is 1040. The van der Waals surface area contributed by atoms with Crippen LogP contribution < -0.4 is 5.32 Å². The van der Waals surface area contributed by atoms with Crippen molar-refractivity contribution in [2.75, 3.05) is 11.1 Å². The molecule has 1 amide bonds. The lowest BCUT2D eigenvalue weighted by molar-refractivity contribution is -0.115. The van der Waals surface area contributed by atoms with Gasteiger partial charge in [-0.1, -0.05) is 65.4 Å². The number of sulfone groups is 1. The van der Waals surface area contributed by atoms with E-state index in [4.69, 9.17) is 11.6 Å². The van der Waals surface area contributed by atoms with Crippen LogP contribution in [-0.4, -0.2) is 30.3 Å². The van der Waals surface area contributed by atoms with Crippen LogP contribution in [0.1, 0.15) is 22.6 Å². The van der Waals surface area contributed by atoms with Gasteiger partial charge in [-0.15, -0.1) is 10.2 Å².